The van der Waals surface area contributed by atoms with Crippen LogP contribution in [0, 0.1) is 18.8 Å². The lowest BCUT2D eigenvalue weighted by atomic mass is 9.73. The minimum absolute atomic E-state index is 0.192. The fourth-order valence-electron chi connectivity index (χ4n) is 6.29. The number of aliphatic hydroxyl groups is 1. The number of nitrogens with zero attached hydrogens (tertiary/aromatic N) is 4. The summed E-state index contributed by atoms with van der Waals surface area (Å²) in [4.78, 5) is 22.2. The second-order valence-electron chi connectivity index (χ2n) is 11.2. The van der Waals surface area contributed by atoms with E-state index < -0.39 is 23.6 Å². The maximum absolute atomic E-state index is 13.4. The summed E-state index contributed by atoms with van der Waals surface area (Å²) in [5.74, 6) is 0.912. The van der Waals surface area contributed by atoms with Crippen LogP contribution >= 0.6 is 0 Å². The number of hydrogen-bond acceptors (Lipinski definition) is 8. The van der Waals surface area contributed by atoms with Gasteiger partial charge in [-0.2, -0.15) is 4.98 Å². The van der Waals surface area contributed by atoms with E-state index in [4.69, 9.17) is 9.47 Å². The van der Waals surface area contributed by atoms with Crippen LogP contribution in [0.5, 0.6) is 11.5 Å². The number of aryl methyl sites for hydroxylation is 3. The third-order valence-electron chi connectivity index (χ3n) is 8.42. The summed E-state index contributed by atoms with van der Waals surface area (Å²) in [6.45, 7) is 6.66. The van der Waals surface area contributed by atoms with Crippen LogP contribution < -0.4 is 4.74 Å². The van der Waals surface area contributed by atoms with Crippen molar-refractivity contribution in [1.29, 1.82) is 0 Å². The smallest absolute Gasteiger partial charge is 0.312 e. The molecule has 1 saturated carbocycles. The molecule has 0 bridgehead atoms. The molecule has 2 aliphatic rings. The molecule has 39 heavy (non-hydrogen) atoms. The van der Waals surface area contributed by atoms with Gasteiger partial charge < -0.3 is 19.7 Å². The van der Waals surface area contributed by atoms with Crippen molar-refractivity contribution in [2.24, 2.45) is 11.8 Å². The molecule has 9 nitrogen and oxygen atoms in total. The third-order valence-corrected chi connectivity index (χ3v) is 8.42. The Kier molecular flexibility index (Phi) is 8.07. The topological polar surface area (TPSA) is 119 Å². The SMILES string of the molecule is CCCOc1cc(O)c(CCC2(C3CCCC3)CC(O)C(Cc3nc4ncc(C)cn4n3)C(=O)O2)cc1CC. The number of esters is 1. The first kappa shape index (κ1) is 27.4. The molecule has 1 saturated heterocycles. The number of aliphatic hydroxyl groups excluding tert-OH is 1. The molecule has 0 amide bonds. The van der Waals surface area contributed by atoms with E-state index in [1.54, 1.807) is 16.8 Å². The predicted molar refractivity (Wildman–Crippen MR) is 146 cm³/mol. The number of fused-ring (bicyclic) bond motifs is 1. The highest BCUT2D eigenvalue weighted by Gasteiger charge is 2.51. The average molecular weight is 537 g/mol. The molecule has 2 N–H and O–H groups in total. The summed E-state index contributed by atoms with van der Waals surface area (Å²) in [6.07, 6.45) is 10.2. The zero-order valence-electron chi connectivity index (χ0n) is 23.2. The Morgan fingerprint density at radius 2 is 2.00 bits per heavy atom. The van der Waals surface area contributed by atoms with Gasteiger partial charge in [-0.05, 0) is 74.1 Å². The molecule has 9 heteroatoms. The van der Waals surface area contributed by atoms with Gasteiger partial charge in [0.15, 0.2) is 5.82 Å². The van der Waals surface area contributed by atoms with E-state index in [0.29, 0.717) is 37.5 Å². The van der Waals surface area contributed by atoms with Crippen LogP contribution in [-0.4, -0.2) is 54.1 Å². The van der Waals surface area contributed by atoms with Crippen molar-refractivity contribution in [3.05, 3.63) is 47.0 Å². The van der Waals surface area contributed by atoms with E-state index in [9.17, 15) is 15.0 Å². The zero-order chi connectivity index (χ0) is 27.6. The molecule has 3 aromatic rings. The summed E-state index contributed by atoms with van der Waals surface area (Å²) in [6, 6.07) is 3.72. The zero-order valence-corrected chi connectivity index (χ0v) is 23.2. The lowest BCUT2D eigenvalue weighted by Crippen LogP contribution is -2.54. The van der Waals surface area contributed by atoms with E-state index in [1.807, 2.05) is 19.2 Å². The van der Waals surface area contributed by atoms with Gasteiger partial charge in [-0.25, -0.2) is 9.50 Å². The first-order valence-electron chi connectivity index (χ1n) is 14.4. The average Bonchev–Trinajstić information content (AvgIpc) is 3.59. The maximum atomic E-state index is 13.4. The van der Waals surface area contributed by atoms with Gasteiger partial charge in [0.2, 0.25) is 0 Å². The van der Waals surface area contributed by atoms with Gasteiger partial charge in [-0.3, -0.25) is 4.79 Å². The maximum Gasteiger partial charge on any atom is 0.312 e. The van der Waals surface area contributed by atoms with Crippen molar-refractivity contribution in [2.45, 2.75) is 96.7 Å². The molecule has 2 aromatic heterocycles. The van der Waals surface area contributed by atoms with Crippen molar-refractivity contribution in [3.8, 4) is 11.5 Å². The van der Waals surface area contributed by atoms with Crippen LogP contribution in [-0.2, 0) is 28.8 Å². The largest absolute Gasteiger partial charge is 0.508 e. The summed E-state index contributed by atoms with van der Waals surface area (Å²) in [7, 11) is 0. The van der Waals surface area contributed by atoms with E-state index in [-0.39, 0.29) is 18.1 Å². The standard InChI is InChI=1S/C30H40N4O5/c1-4-12-38-26-15-24(35)21(13-20(26)5-2)10-11-30(22-8-6-7-9-22)16-25(36)23(28(37)39-30)14-27-32-29-31-17-19(3)18-34(29)33-27/h13,15,17-18,22-23,25,35-36H,4-12,14,16H2,1-3H3. The minimum Gasteiger partial charge on any atom is -0.508 e. The van der Waals surface area contributed by atoms with Crippen LogP contribution in [0.25, 0.3) is 5.78 Å². The Balaban J connectivity index is 1.34. The number of hydrogen-bond donors (Lipinski definition) is 2. The number of carbonyl (C=O) groups excluding carboxylic acids is 1. The van der Waals surface area contributed by atoms with Gasteiger partial charge in [-0.15, -0.1) is 5.10 Å². The highest BCUT2D eigenvalue weighted by atomic mass is 16.6. The van der Waals surface area contributed by atoms with Gasteiger partial charge in [0.25, 0.3) is 5.78 Å². The molecule has 3 heterocycles. The monoisotopic (exact) mass is 536 g/mol. The Morgan fingerprint density at radius 1 is 1.21 bits per heavy atom. The molecule has 2 fully saturated rings. The lowest BCUT2D eigenvalue weighted by molar-refractivity contribution is -0.198. The van der Waals surface area contributed by atoms with E-state index >= 15 is 0 Å². The van der Waals surface area contributed by atoms with Gasteiger partial charge in [0, 0.05) is 31.3 Å². The van der Waals surface area contributed by atoms with Gasteiger partial charge >= 0.3 is 5.97 Å². The number of phenolic OH excluding ortho intramolecular Hbond substituents is 1. The van der Waals surface area contributed by atoms with Crippen LogP contribution in [0.4, 0.5) is 0 Å². The number of rotatable bonds is 10. The second-order valence-corrected chi connectivity index (χ2v) is 11.2. The Hall–Kier alpha value is -3.20. The first-order chi connectivity index (χ1) is 18.8. The van der Waals surface area contributed by atoms with Gasteiger partial charge in [0.05, 0.1) is 18.6 Å². The van der Waals surface area contributed by atoms with Gasteiger partial charge in [-0.1, -0.05) is 26.7 Å². The quantitative estimate of drug-likeness (QED) is 0.363. The number of carbonyl (C=O) groups is 1. The van der Waals surface area contributed by atoms with E-state index in [2.05, 4.69) is 28.9 Å². The van der Waals surface area contributed by atoms with Gasteiger partial charge in [0.1, 0.15) is 17.1 Å². The van der Waals surface area contributed by atoms with Crippen LogP contribution in [0.3, 0.4) is 0 Å². The summed E-state index contributed by atoms with van der Waals surface area (Å²) >= 11 is 0. The highest BCUT2D eigenvalue weighted by molar-refractivity contribution is 5.75. The molecular weight excluding hydrogens is 496 g/mol. The van der Waals surface area contributed by atoms with Crippen LogP contribution in [0.1, 0.15) is 81.3 Å². The number of aromatic nitrogens is 4. The number of ether oxygens (including phenoxy) is 2. The molecule has 210 valence electrons. The van der Waals surface area contributed by atoms with E-state index in [1.165, 1.54) is 0 Å². The molecule has 0 spiro atoms. The summed E-state index contributed by atoms with van der Waals surface area (Å²) in [5.41, 5.74) is 2.07. The third kappa shape index (κ3) is 5.73. The number of aromatic hydroxyl groups is 1. The second kappa shape index (κ2) is 11.5. The minimum atomic E-state index is -0.863. The van der Waals surface area contributed by atoms with Crippen molar-refractivity contribution < 1.29 is 24.5 Å². The highest BCUT2D eigenvalue weighted by Crippen LogP contribution is 2.46. The molecule has 0 radical (unpaired) electrons. The normalized spacial score (nSPS) is 23.8. The number of phenols is 1. The summed E-state index contributed by atoms with van der Waals surface area (Å²) in [5, 5.41) is 26.6. The van der Waals surface area contributed by atoms with Crippen molar-refractivity contribution in [3.63, 3.8) is 0 Å². The fraction of sp³-hybridized carbons (Fsp3) is 0.600. The fourth-order valence-corrected chi connectivity index (χ4v) is 6.29. The summed E-state index contributed by atoms with van der Waals surface area (Å²) < 4.78 is 13.8. The lowest BCUT2D eigenvalue weighted by Gasteiger charge is -2.45. The Morgan fingerprint density at radius 3 is 2.72 bits per heavy atom. The number of benzene rings is 1. The van der Waals surface area contributed by atoms with Crippen molar-refractivity contribution >= 4 is 11.7 Å². The Bertz CT molecular complexity index is 1320. The molecule has 1 aromatic carbocycles. The molecule has 1 aliphatic carbocycles. The Labute approximate surface area is 229 Å². The molecular formula is C30H40N4O5. The molecule has 3 atom stereocenters. The predicted octanol–water partition coefficient (Wildman–Crippen LogP) is 4.52. The molecule has 5 rings (SSSR count). The van der Waals surface area contributed by atoms with Crippen molar-refractivity contribution in [2.75, 3.05) is 6.61 Å². The van der Waals surface area contributed by atoms with Crippen molar-refractivity contribution in [1.82, 2.24) is 19.6 Å². The van der Waals surface area contributed by atoms with E-state index in [0.717, 1.165) is 61.0 Å². The number of cyclic esters (lactones) is 1. The van der Waals surface area contributed by atoms with Crippen LogP contribution in [0.15, 0.2) is 24.5 Å². The molecule has 1 aliphatic heterocycles. The van der Waals surface area contributed by atoms with Crippen LogP contribution in [0.2, 0.25) is 0 Å². The molecule has 3 unspecified atom stereocenters. The first-order valence-corrected chi connectivity index (χ1v) is 14.4.